The topological polar surface area (TPSA) is 188 Å². The molecular weight excluding hydrogens is 758 g/mol. The van der Waals surface area contributed by atoms with E-state index in [-0.39, 0.29) is 34.1 Å². The van der Waals surface area contributed by atoms with E-state index in [1.54, 1.807) is 49.5 Å². The predicted molar refractivity (Wildman–Crippen MR) is 212 cm³/mol. The number of benzene rings is 3. The summed E-state index contributed by atoms with van der Waals surface area (Å²) >= 11 is 6.34. The first kappa shape index (κ1) is 41.6. The summed E-state index contributed by atoms with van der Waals surface area (Å²) in [5.41, 5.74) is 2.55. The van der Waals surface area contributed by atoms with Crippen LogP contribution in [-0.4, -0.2) is 60.8 Å². The number of halogens is 1. The van der Waals surface area contributed by atoms with Crippen LogP contribution in [0.5, 0.6) is 5.88 Å². The van der Waals surface area contributed by atoms with Crippen LogP contribution in [0, 0.1) is 0 Å². The summed E-state index contributed by atoms with van der Waals surface area (Å²) in [6.45, 7) is 0.740. The minimum atomic E-state index is -3.86. The number of sulfone groups is 1. The quantitative estimate of drug-likeness (QED) is 0.0423. The molecule has 0 unspecified atom stereocenters. The molecular formula is C40H46ClN7O7S. The van der Waals surface area contributed by atoms with Crippen LogP contribution in [0.25, 0.3) is 0 Å². The number of carbonyl (C=O) groups is 2. The number of aromatic nitrogens is 4. The molecule has 0 bridgehead atoms. The highest BCUT2D eigenvalue weighted by atomic mass is 35.5. The fourth-order valence-electron chi connectivity index (χ4n) is 5.73. The molecule has 2 aromatic heterocycles. The van der Waals surface area contributed by atoms with Gasteiger partial charge in [0.15, 0.2) is 5.82 Å². The summed E-state index contributed by atoms with van der Waals surface area (Å²) in [4.78, 5) is 33.5. The predicted octanol–water partition coefficient (Wildman–Crippen LogP) is 8.26. The molecule has 3 N–H and O–H groups in total. The van der Waals surface area contributed by atoms with Gasteiger partial charge in [-0.2, -0.15) is 4.98 Å². The Labute approximate surface area is 331 Å². The van der Waals surface area contributed by atoms with Gasteiger partial charge in [0.1, 0.15) is 5.02 Å². The van der Waals surface area contributed by atoms with Crippen molar-refractivity contribution in [3.8, 4) is 5.88 Å². The molecule has 0 aliphatic heterocycles. The van der Waals surface area contributed by atoms with Crippen LogP contribution in [0.4, 0.5) is 23.1 Å². The van der Waals surface area contributed by atoms with Crippen LogP contribution in [0.15, 0.2) is 99.6 Å². The molecule has 0 aliphatic rings. The zero-order chi connectivity index (χ0) is 39.6. The van der Waals surface area contributed by atoms with Crippen LogP contribution in [0.2, 0.25) is 5.02 Å². The minimum absolute atomic E-state index is 0.107. The van der Waals surface area contributed by atoms with Gasteiger partial charge in [-0.3, -0.25) is 9.59 Å². The van der Waals surface area contributed by atoms with E-state index in [9.17, 15) is 18.0 Å². The van der Waals surface area contributed by atoms with Crippen LogP contribution in [0.1, 0.15) is 80.1 Å². The monoisotopic (exact) mass is 803 g/mol. The van der Waals surface area contributed by atoms with Crippen molar-refractivity contribution in [2.24, 2.45) is 0 Å². The molecule has 296 valence electrons. The minimum Gasteiger partial charge on any atom is -0.473 e. The molecule has 14 nitrogen and oxygen atoms in total. The number of rotatable bonds is 23. The van der Waals surface area contributed by atoms with Crippen molar-refractivity contribution < 1.29 is 32.1 Å². The summed E-state index contributed by atoms with van der Waals surface area (Å²) in [5.74, 6) is 0.0333. The van der Waals surface area contributed by atoms with Gasteiger partial charge in [-0.25, -0.2) is 18.0 Å². The second-order valence-electron chi connectivity index (χ2n) is 12.9. The summed E-state index contributed by atoms with van der Waals surface area (Å²) in [5, 5.41) is 16.0. The summed E-state index contributed by atoms with van der Waals surface area (Å²) < 4.78 is 41.2. The molecule has 0 saturated heterocycles. The van der Waals surface area contributed by atoms with Crippen LogP contribution < -0.4 is 20.7 Å². The van der Waals surface area contributed by atoms with Gasteiger partial charge in [0.05, 0.1) is 42.0 Å². The largest absolute Gasteiger partial charge is 0.473 e. The molecule has 2 heterocycles. The number of anilines is 4. The van der Waals surface area contributed by atoms with Crippen molar-refractivity contribution in [3.63, 3.8) is 0 Å². The van der Waals surface area contributed by atoms with E-state index in [1.807, 2.05) is 24.3 Å². The molecule has 5 rings (SSSR count). The number of nitrogens with zero attached hydrogens (tertiary/aromatic N) is 4. The number of ether oxygens (including phenoxy) is 2. The Bertz CT molecular complexity index is 2120. The van der Waals surface area contributed by atoms with Crippen LogP contribution in [-0.2, 0) is 25.8 Å². The number of hydrogen-bond donors (Lipinski definition) is 3. The first-order chi connectivity index (χ1) is 27.2. The normalized spacial score (nSPS) is 11.2. The number of para-hydroxylation sites is 1. The van der Waals surface area contributed by atoms with Gasteiger partial charge in [0.25, 0.3) is 16.8 Å². The number of amides is 1. The van der Waals surface area contributed by atoms with Gasteiger partial charge >= 0.3 is 5.97 Å². The molecule has 0 fully saturated rings. The third-order valence-corrected chi connectivity index (χ3v) is 10.7. The second-order valence-corrected chi connectivity index (χ2v) is 15.2. The number of unbranched alkanes of at least 4 members (excludes halogenated alkanes) is 9. The Morgan fingerprint density at radius 1 is 0.768 bits per heavy atom. The Morgan fingerprint density at radius 2 is 1.41 bits per heavy atom. The molecule has 16 heteroatoms. The zero-order valence-corrected chi connectivity index (χ0v) is 32.8. The van der Waals surface area contributed by atoms with Gasteiger partial charge in [-0.05, 0) is 65.1 Å². The van der Waals surface area contributed by atoms with E-state index in [1.165, 1.54) is 18.3 Å². The molecule has 0 aliphatic carbocycles. The van der Waals surface area contributed by atoms with Crippen molar-refractivity contribution in [1.29, 1.82) is 0 Å². The summed E-state index contributed by atoms with van der Waals surface area (Å²) in [6, 6.07) is 22.4. The average Bonchev–Trinajstić information content (AvgIpc) is 3.70. The van der Waals surface area contributed by atoms with E-state index in [2.05, 4.69) is 40.9 Å². The van der Waals surface area contributed by atoms with Gasteiger partial charge in [-0.1, -0.05) is 105 Å². The number of nitrogens with one attached hydrogen (secondary N) is 3. The molecule has 1 amide bonds. The molecule has 0 atom stereocenters. The molecule has 56 heavy (non-hydrogen) atoms. The number of hydrogen-bond acceptors (Lipinski definition) is 13. The molecule has 0 radical (unpaired) electrons. The molecule has 0 spiro atoms. The van der Waals surface area contributed by atoms with Gasteiger partial charge in [0, 0.05) is 12.7 Å². The lowest BCUT2D eigenvalue weighted by Crippen LogP contribution is -2.19. The smallest absolute Gasteiger partial charge is 0.310 e. The first-order valence-corrected chi connectivity index (χ1v) is 20.5. The van der Waals surface area contributed by atoms with Gasteiger partial charge in [-0.15, -0.1) is 0 Å². The lowest BCUT2D eigenvalue weighted by Gasteiger charge is -2.13. The molecule has 5 aromatic rings. The van der Waals surface area contributed by atoms with Gasteiger partial charge < -0.3 is 25.4 Å². The number of carbonyl (C=O) groups excluding carboxylic acids is 2. The van der Waals surface area contributed by atoms with E-state index >= 15 is 0 Å². The van der Waals surface area contributed by atoms with Crippen molar-refractivity contribution in [2.75, 3.05) is 30.9 Å². The Morgan fingerprint density at radius 3 is 2.11 bits per heavy atom. The van der Waals surface area contributed by atoms with Crippen molar-refractivity contribution in [2.45, 2.75) is 80.6 Å². The fourth-order valence-corrected chi connectivity index (χ4v) is 7.06. The maximum Gasteiger partial charge on any atom is 0.310 e. The van der Waals surface area contributed by atoms with Gasteiger partial charge in [0.2, 0.25) is 15.8 Å². The number of esters is 1. The summed E-state index contributed by atoms with van der Waals surface area (Å²) in [6.07, 6.45) is 12.0. The Kier molecular flexibility index (Phi) is 16.0. The van der Waals surface area contributed by atoms with E-state index in [0.29, 0.717) is 41.3 Å². The standard InChI is InChI=1S/C40H46ClN7O7S/c1-42-37(50)32-19-13-14-20-34(32)45-36-33(41)28-43-40(46-36)44-30-23-21-29(22-24-30)27-35(49)53-25-15-8-6-4-2-3-5-7-9-16-26-54-38-39(48-55-47-38)56(51,52)31-17-11-10-12-18-31/h10-14,17-24,28H,2-9,15-16,25-27H2,1H3,(H,42,50)(H2,43,44,45,46). The summed E-state index contributed by atoms with van der Waals surface area (Å²) in [7, 11) is -2.29. The molecule has 0 saturated carbocycles. The molecule has 3 aromatic carbocycles. The Balaban J connectivity index is 0.888. The van der Waals surface area contributed by atoms with E-state index < -0.39 is 9.84 Å². The van der Waals surface area contributed by atoms with Crippen molar-refractivity contribution >= 4 is 56.5 Å². The second kappa shape index (κ2) is 21.5. The van der Waals surface area contributed by atoms with E-state index in [4.69, 9.17) is 21.1 Å². The maximum atomic E-state index is 12.8. The Hall–Kier alpha value is -5.54. The SMILES string of the molecule is CNC(=O)c1ccccc1Nc1nc(Nc2ccc(CC(=O)OCCCCCCCCCCCCOc3nonc3S(=O)(=O)c3ccccc3)cc2)ncc1Cl. The third-order valence-electron chi connectivity index (χ3n) is 8.73. The third kappa shape index (κ3) is 12.5. The highest BCUT2D eigenvalue weighted by molar-refractivity contribution is 7.91. The first-order valence-electron chi connectivity index (χ1n) is 18.6. The van der Waals surface area contributed by atoms with Crippen molar-refractivity contribution in [1.82, 2.24) is 25.6 Å². The van der Waals surface area contributed by atoms with Crippen LogP contribution in [0.3, 0.4) is 0 Å². The zero-order valence-electron chi connectivity index (χ0n) is 31.2. The van der Waals surface area contributed by atoms with Crippen molar-refractivity contribution in [3.05, 3.63) is 101 Å². The lowest BCUT2D eigenvalue weighted by atomic mass is 10.1. The van der Waals surface area contributed by atoms with Crippen LogP contribution >= 0.6 is 11.6 Å². The average molecular weight is 804 g/mol. The highest BCUT2D eigenvalue weighted by Gasteiger charge is 2.28. The lowest BCUT2D eigenvalue weighted by molar-refractivity contribution is -0.142. The fraction of sp³-hybridized carbons (Fsp3) is 0.350. The highest BCUT2D eigenvalue weighted by Crippen LogP contribution is 2.28. The van der Waals surface area contributed by atoms with E-state index in [0.717, 1.165) is 75.5 Å². The maximum absolute atomic E-state index is 12.8.